The Morgan fingerprint density at radius 1 is 0.957 bits per heavy atom. The van der Waals surface area contributed by atoms with Crippen LogP contribution in [0.4, 0.5) is 0 Å². The van der Waals surface area contributed by atoms with Gasteiger partial charge in [-0.05, 0) is 6.04 Å². The van der Waals surface area contributed by atoms with E-state index in [-0.39, 0.29) is 0 Å². The van der Waals surface area contributed by atoms with Gasteiger partial charge in [0.1, 0.15) is 6.04 Å². The summed E-state index contributed by atoms with van der Waals surface area (Å²) in [4.78, 5) is 16.3. The van der Waals surface area contributed by atoms with E-state index in [0.29, 0.717) is 6.04 Å². The van der Waals surface area contributed by atoms with E-state index in [1.807, 2.05) is 60.7 Å². The van der Waals surface area contributed by atoms with E-state index in [1.165, 1.54) is 0 Å². The molecule has 0 unspecified atom stereocenters. The molecule has 120 valence electrons. The summed E-state index contributed by atoms with van der Waals surface area (Å²) in [7, 11) is -1.54. The molecule has 0 amide bonds. The molecule has 4 heteroatoms. The summed E-state index contributed by atoms with van der Waals surface area (Å²) in [6.07, 6.45) is 0. The first-order valence-electron chi connectivity index (χ1n) is 7.78. The highest BCUT2D eigenvalue weighted by molar-refractivity contribution is 6.76. The van der Waals surface area contributed by atoms with Gasteiger partial charge in [-0.15, -0.1) is 0 Å². The molecule has 2 rings (SSSR count). The lowest BCUT2D eigenvalue weighted by atomic mass is 10.0. The Morgan fingerprint density at radius 2 is 1.39 bits per heavy atom. The Morgan fingerprint density at radius 3 is 1.74 bits per heavy atom. The van der Waals surface area contributed by atoms with Crippen molar-refractivity contribution >= 4 is 19.8 Å². The highest BCUT2D eigenvalue weighted by atomic mass is 28.3. The molecule has 0 fully saturated rings. The van der Waals surface area contributed by atoms with Crippen LogP contribution < -0.4 is 0 Å². The summed E-state index contributed by atoms with van der Waals surface area (Å²) in [6.45, 7) is 6.51. The van der Waals surface area contributed by atoms with Crippen LogP contribution in [-0.4, -0.2) is 30.9 Å². The van der Waals surface area contributed by atoms with E-state index in [9.17, 15) is 9.90 Å². The van der Waals surface area contributed by atoms with Gasteiger partial charge in [0.05, 0.1) is 5.71 Å². The lowest BCUT2D eigenvalue weighted by molar-refractivity contribution is -0.138. The second-order valence-electron chi connectivity index (χ2n) is 6.83. The fourth-order valence-electron chi connectivity index (χ4n) is 2.43. The van der Waals surface area contributed by atoms with Gasteiger partial charge in [-0.1, -0.05) is 80.3 Å². The molecule has 0 saturated carbocycles. The van der Waals surface area contributed by atoms with Crippen molar-refractivity contribution < 1.29 is 9.90 Å². The summed E-state index contributed by atoms with van der Waals surface area (Å²) < 4.78 is 0. The molecule has 23 heavy (non-hydrogen) atoms. The monoisotopic (exact) mass is 325 g/mol. The minimum atomic E-state index is -1.54. The third-order valence-electron chi connectivity index (χ3n) is 3.47. The Hall–Kier alpha value is -2.20. The lowest BCUT2D eigenvalue weighted by Gasteiger charge is -2.20. The van der Waals surface area contributed by atoms with Crippen LogP contribution in [0.2, 0.25) is 25.7 Å². The van der Waals surface area contributed by atoms with Gasteiger partial charge in [0.15, 0.2) is 0 Å². The predicted molar refractivity (Wildman–Crippen MR) is 98.1 cm³/mol. The van der Waals surface area contributed by atoms with Crippen LogP contribution in [0, 0.1) is 0 Å². The molecule has 0 saturated heterocycles. The number of aliphatic imine (C=N–C) groups is 1. The molecular weight excluding hydrogens is 302 g/mol. The number of rotatable bonds is 6. The Labute approximate surface area is 138 Å². The van der Waals surface area contributed by atoms with Crippen LogP contribution in [0.3, 0.4) is 0 Å². The van der Waals surface area contributed by atoms with Crippen molar-refractivity contribution in [2.75, 3.05) is 0 Å². The largest absolute Gasteiger partial charge is 0.480 e. The zero-order valence-electron chi connectivity index (χ0n) is 13.9. The van der Waals surface area contributed by atoms with Crippen molar-refractivity contribution in [1.82, 2.24) is 0 Å². The van der Waals surface area contributed by atoms with Crippen LogP contribution in [0.15, 0.2) is 65.7 Å². The molecule has 0 bridgehead atoms. The first-order chi connectivity index (χ1) is 10.9. The molecule has 3 nitrogen and oxygen atoms in total. The van der Waals surface area contributed by atoms with E-state index < -0.39 is 20.1 Å². The van der Waals surface area contributed by atoms with Crippen LogP contribution in [0.25, 0.3) is 0 Å². The zero-order valence-corrected chi connectivity index (χ0v) is 14.9. The predicted octanol–water partition coefficient (Wildman–Crippen LogP) is 4.32. The quantitative estimate of drug-likeness (QED) is 0.635. The normalized spacial score (nSPS) is 12.5. The van der Waals surface area contributed by atoms with Crippen molar-refractivity contribution in [1.29, 1.82) is 0 Å². The number of nitrogens with zero attached hydrogens (tertiary/aromatic N) is 1. The molecule has 0 aliphatic carbocycles. The van der Waals surface area contributed by atoms with Crippen molar-refractivity contribution in [3.63, 3.8) is 0 Å². The maximum atomic E-state index is 11.7. The Balaban J connectivity index is 2.49. The van der Waals surface area contributed by atoms with E-state index in [0.717, 1.165) is 16.8 Å². The summed E-state index contributed by atoms with van der Waals surface area (Å²) in [5.74, 6) is -0.850. The zero-order chi connectivity index (χ0) is 16.9. The third-order valence-corrected chi connectivity index (χ3v) is 5.08. The van der Waals surface area contributed by atoms with Gasteiger partial charge < -0.3 is 5.11 Å². The minimum absolute atomic E-state index is 0.630. The first kappa shape index (κ1) is 17.2. The van der Waals surface area contributed by atoms with E-state index in [4.69, 9.17) is 0 Å². The SMILES string of the molecule is C[Si](C)(C)C[C@@H](N=C(c1ccccc1)c1ccccc1)C(=O)O. The number of carboxylic acids is 1. The number of aliphatic carboxylic acids is 1. The van der Waals surface area contributed by atoms with Crippen LogP contribution in [-0.2, 0) is 4.79 Å². The standard InChI is InChI=1S/C19H23NO2Si/c1-23(2,3)14-17(19(21)22)20-18(15-10-6-4-7-11-15)16-12-8-5-9-13-16/h4-13,17H,14H2,1-3H3,(H,21,22)/t17-/m1/s1. The van der Waals surface area contributed by atoms with Crippen LogP contribution in [0.1, 0.15) is 11.1 Å². The maximum absolute atomic E-state index is 11.7. The molecule has 0 aromatic heterocycles. The molecular formula is C19H23NO2Si. The van der Waals surface area contributed by atoms with E-state index in [2.05, 4.69) is 24.6 Å². The van der Waals surface area contributed by atoms with Gasteiger partial charge in [0, 0.05) is 19.2 Å². The van der Waals surface area contributed by atoms with Gasteiger partial charge in [0.25, 0.3) is 0 Å². The van der Waals surface area contributed by atoms with Crippen molar-refractivity contribution in [3.8, 4) is 0 Å². The molecule has 0 radical (unpaired) electrons. The lowest BCUT2D eigenvalue weighted by Crippen LogP contribution is -2.31. The van der Waals surface area contributed by atoms with Gasteiger partial charge in [0.2, 0.25) is 0 Å². The van der Waals surface area contributed by atoms with Crippen LogP contribution in [0.5, 0.6) is 0 Å². The number of hydrogen-bond donors (Lipinski definition) is 1. The topological polar surface area (TPSA) is 49.7 Å². The number of carboxylic acid groups (broad SMARTS) is 1. The fourth-order valence-corrected chi connectivity index (χ4v) is 3.86. The van der Waals surface area contributed by atoms with Gasteiger partial charge in [-0.25, -0.2) is 4.79 Å². The molecule has 0 spiro atoms. The smallest absolute Gasteiger partial charge is 0.328 e. The number of hydrogen-bond acceptors (Lipinski definition) is 2. The Bertz CT molecular complexity index is 634. The fraction of sp³-hybridized carbons (Fsp3) is 0.263. The van der Waals surface area contributed by atoms with E-state index >= 15 is 0 Å². The van der Waals surface area contributed by atoms with Crippen LogP contribution >= 0.6 is 0 Å². The van der Waals surface area contributed by atoms with Gasteiger partial charge in [-0.2, -0.15) is 0 Å². The van der Waals surface area contributed by atoms with Gasteiger partial charge in [-0.3, -0.25) is 4.99 Å². The first-order valence-corrected chi connectivity index (χ1v) is 11.5. The molecule has 0 aliphatic rings. The molecule has 2 aromatic carbocycles. The average Bonchev–Trinajstić information content (AvgIpc) is 2.52. The van der Waals surface area contributed by atoms with Crippen molar-refractivity contribution in [2.45, 2.75) is 31.7 Å². The summed E-state index contributed by atoms with van der Waals surface area (Å²) in [5.41, 5.74) is 2.64. The Kier molecular flexibility index (Phi) is 5.50. The highest BCUT2D eigenvalue weighted by Crippen LogP contribution is 2.18. The van der Waals surface area contributed by atoms with Crippen molar-refractivity contribution in [2.24, 2.45) is 4.99 Å². The third kappa shape index (κ3) is 5.18. The molecule has 2 aromatic rings. The number of benzene rings is 2. The number of carbonyl (C=O) groups is 1. The summed E-state index contributed by atoms with van der Waals surface area (Å²) in [6, 6.07) is 19.5. The van der Waals surface area contributed by atoms with Gasteiger partial charge >= 0.3 is 5.97 Å². The summed E-state index contributed by atoms with van der Waals surface area (Å²) in [5, 5.41) is 9.59. The maximum Gasteiger partial charge on any atom is 0.328 e. The molecule has 1 atom stereocenters. The minimum Gasteiger partial charge on any atom is -0.480 e. The van der Waals surface area contributed by atoms with E-state index in [1.54, 1.807) is 0 Å². The molecule has 0 aliphatic heterocycles. The van der Waals surface area contributed by atoms with Crippen molar-refractivity contribution in [3.05, 3.63) is 71.8 Å². The second kappa shape index (κ2) is 7.37. The highest BCUT2D eigenvalue weighted by Gasteiger charge is 2.26. The molecule has 1 N–H and O–H groups in total. The second-order valence-corrected chi connectivity index (χ2v) is 12.4. The summed E-state index contributed by atoms with van der Waals surface area (Å²) >= 11 is 0. The average molecular weight is 325 g/mol. The molecule has 0 heterocycles.